The summed E-state index contributed by atoms with van der Waals surface area (Å²) in [6, 6.07) is 6.01. The zero-order valence-corrected chi connectivity index (χ0v) is 9.06. The number of rotatable bonds is 2. The zero-order chi connectivity index (χ0) is 10.8. The summed E-state index contributed by atoms with van der Waals surface area (Å²) >= 11 is 0. The maximum Gasteiger partial charge on any atom is 0.0955 e. The van der Waals surface area contributed by atoms with Crippen molar-refractivity contribution in [2.75, 3.05) is 6.54 Å². The Balaban J connectivity index is 1.88. The van der Waals surface area contributed by atoms with Crippen molar-refractivity contribution in [3.63, 3.8) is 0 Å². The van der Waals surface area contributed by atoms with Crippen LogP contribution in [0.5, 0.6) is 0 Å². The second-order valence-electron chi connectivity index (χ2n) is 4.01. The summed E-state index contributed by atoms with van der Waals surface area (Å²) in [5.74, 6) is 0. The molecule has 0 bridgehead atoms. The van der Waals surface area contributed by atoms with Gasteiger partial charge in [0.2, 0.25) is 0 Å². The highest BCUT2D eigenvalue weighted by atomic mass is 15.1. The number of hydrogen-bond acceptors (Lipinski definition) is 3. The Morgan fingerprint density at radius 1 is 1.31 bits per heavy atom. The summed E-state index contributed by atoms with van der Waals surface area (Å²) in [7, 11) is 0. The fraction of sp³-hybridized carbons (Fsp3) is 0.333. The minimum absolute atomic E-state index is 0.823. The highest BCUT2D eigenvalue weighted by Gasteiger charge is 2.14. The van der Waals surface area contributed by atoms with Crippen molar-refractivity contribution in [2.45, 2.75) is 19.5 Å². The molecule has 2 aromatic heterocycles. The van der Waals surface area contributed by atoms with Crippen LogP contribution in [0, 0.1) is 0 Å². The molecule has 0 saturated carbocycles. The van der Waals surface area contributed by atoms with E-state index in [2.05, 4.69) is 19.9 Å². The van der Waals surface area contributed by atoms with Crippen LogP contribution in [-0.4, -0.2) is 21.1 Å². The molecule has 0 saturated heterocycles. The van der Waals surface area contributed by atoms with Crippen molar-refractivity contribution >= 4 is 0 Å². The molecule has 0 atom stereocenters. The number of hydrogen-bond donors (Lipinski definition) is 1. The Morgan fingerprint density at radius 3 is 3.19 bits per heavy atom. The second kappa shape index (κ2) is 4.06. The van der Waals surface area contributed by atoms with E-state index in [0.717, 1.165) is 31.7 Å². The van der Waals surface area contributed by atoms with Gasteiger partial charge >= 0.3 is 0 Å². The van der Waals surface area contributed by atoms with E-state index in [1.54, 1.807) is 0 Å². The summed E-state index contributed by atoms with van der Waals surface area (Å²) in [4.78, 5) is 8.76. The Hall–Kier alpha value is -1.68. The quantitative estimate of drug-likeness (QED) is 0.810. The van der Waals surface area contributed by atoms with Gasteiger partial charge in [-0.2, -0.15) is 0 Å². The molecule has 0 fully saturated rings. The molecule has 2 aromatic rings. The Morgan fingerprint density at radius 2 is 2.31 bits per heavy atom. The number of nitrogens with zero attached hydrogens (tertiary/aromatic N) is 3. The lowest BCUT2D eigenvalue weighted by atomic mass is 10.2. The maximum absolute atomic E-state index is 4.43. The van der Waals surface area contributed by atoms with Crippen LogP contribution in [0.3, 0.4) is 0 Å². The van der Waals surface area contributed by atoms with Crippen molar-refractivity contribution in [2.24, 2.45) is 0 Å². The monoisotopic (exact) mass is 214 g/mol. The summed E-state index contributed by atoms with van der Waals surface area (Å²) in [6.07, 6.45) is 4.81. The molecule has 0 aliphatic carbocycles. The molecule has 0 unspecified atom stereocenters. The first kappa shape index (κ1) is 9.54. The smallest absolute Gasteiger partial charge is 0.0955 e. The third kappa shape index (κ3) is 1.72. The normalized spacial score (nSPS) is 14.8. The lowest BCUT2D eigenvalue weighted by Crippen LogP contribution is -2.25. The Kier molecular flexibility index (Phi) is 2.42. The van der Waals surface area contributed by atoms with E-state index in [1.165, 1.54) is 11.4 Å². The van der Waals surface area contributed by atoms with Gasteiger partial charge in [0.05, 0.1) is 24.3 Å². The van der Waals surface area contributed by atoms with Crippen LogP contribution in [0.15, 0.2) is 30.7 Å². The third-order valence-electron chi connectivity index (χ3n) is 2.92. The molecule has 1 aliphatic rings. The van der Waals surface area contributed by atoms with Crippen molar-refractivity contribution in [3.05, 3.63) is 47.8 Å². The van der Waals surface area contributed by atoms with Gasteiger partial charge in [-0.3, -0.25) is 4.98 Å². The van der Waals surface area contributed by atoms with Gasteiger partial charge in [0.1, 0.15) is 0 Å². The largest absolute Gasteiger partial charge is 0.328 e. The predicted molar refractivity (Wildman–Crippen MR) is 61.0 cm³/mol. The summed E-state index contributed by atoms with van der Waals surface area (Å²) in [6.45, 7) is 2.76. The van der Waals surface area contributed by atoms with E-state index in [1.807, 2.05) is 30.7 Å². The average molecular weight is 214 g/mol. The molecule has 4 nitrogen and oxygen atoms in total. The molecular formula is C12H14N4. The molecule has 16 heavy (non-hydrogen) atoms. The van der Waals surface area contributed by atoms with Crippen LogP contribution in [-0.2, 0) is 19.5 Å². The number of imidazole rings is 1. The second-order valence-corrected chi connectivity index (χ2v) is 4.01. The maximum atomic E-state index is 4.43. The fourth-order valence-corrected chi connectivity index (χ4v) is 2.10. The summed E-state index contributed by atoms with van der Waals surface area (Å²) in [5.41, 5.74) is 3.62. The van der Waals surface area contributed by atoms with Gasteiger partial charge in [-0.15, -0.1) is 0 Å². The van der Waals surface area contributed by atoms with Gasteiger partial charge in [-0.1, -0.05) is 6.07 Å². The first-order valence-corrected chi connectivity index (χ1v) is 5.57. The van der Waals surface area contributed by atoms with Gasteiger partial charge in [0, 0.05) is 31.4 Å². The van der Waals surface area contributed by atoms with Crippen LogP contribution in [0.25, 0.3) is 0 Å². The highest BCUT2D eigenvalue weighted by Crippen LogP contribution is 2.13. The number of pyridine rings is 1. The molecule has 0 aromatic carbocycles. The van der Waals surface area contributed by atoms with E-state index in [4.69, 9.17) is 0 Å². The number of fused-ring (bicyclic) bond motifs is 1. The van der Waals surface area contributed by atoms with Crippen molar-refractivity contribution in [1.82, 2.24) is 19.9 Å². The molecule has 1 N–H and O–H groups in total. The SMILES string of the molecule is c1ccc(Cn2cnc3c2CCNC3)nc1. The van der Waals surface area contributed by atoms with Crippen molar-refractivity contribution in [3.8, 4) is 0 Å². The van der Waals surface area contributed by atoms with Gasteiger partial charge in [0.25, 0.3) is 0 Å². The van der Waals surface area contributed by atoms with Gasteiger partial charge in [-0.25, -0.2) is 4.98 Å². The van der Waals surface area contributed by atoms with Crippen LogP contribution < -0.4 is 5.32 Å². The Labute approximate surface area is 94.4 Å². The van der Waals surface area contributed by atoms with E-state index in [0.29, 0.717) is 0 Å². The minimum atomic E-state index is 0.823. The zero-order valence-electron chi connectivity index (χ0n) is 9.06. The van der Waals surface area contributed by atoms with Crippen molar-refractivity contribution < 1.29 is 0 Å². The van der Waals surface area contributed by atoms with Crippen LogP contribution in [0.4, 0.5) is 0 Å². The molecule has 0 spiro atoms. The van der Waals surface area contributed by atoms with Crippen LogP contribution >= 0.6 is 0 Å². The lowest BCUT2D eigenvalue weighted by molar-refractivity contribution is 0.600. The van der Waals surface area contributed by atoms with Gasteiger partial charge in [0.15, 0.2) is 0 Å². The molecule has 0 amide bonds. The van der Waals surface area contributed by atoms with E-state index in [9.17, 15) is 0 Å². The van der Waals surface area contributed by atoms with Gasteiger partial charge < -0.3 is 9.88 Å². The molecule has 82 valence electrons. The van der Waals surface area contributed by atoms with Crippen LogP contribution in [0.1, 0.15) is 17.1 Å². The number of aromatic nitrogens is 3. The molecule has 3 heterocycles. The first-order valence-electron chi connectivity index (χ1n) is 5.57. The minimum Gasteiger partial charge on any atom is -0.328 e. The first-order chi connectivity index (χ1) is 7.93. The molecular weight excluding hydrogens is 200 g/mol. The predicted octanol–water partition coefficient (Wildman–Crippen LogP) is 0.972. The van der Waals surface area contributed by atoms with E-state index < -0.39 is 0 Å². The topological polar surface area (TPSA) is 42.7 Å². The molecule has 1 aliphatic heterocycles. The van der Waals surface area contributed by atoms with Gasteiger partial charge in [-0.05, 0) is 12.1 Å². The molecule has 4 heteroatoms. The van der Waals surface area contributed by atoms with Crippen molar-refractivity contribution in [1.29, 1.82) is 0 Å². The Bertz CT molecular complexity index is 475. The van der Waals surface area contributed by atoms with E-state index in [-0.39, 0.29) is 0 Å². The summed E-state index contributed by atoms with van der Waals surface area (Å²) < 4.78 is 2.21. The standard InChI is InChI=1S/C12H14N4/c1-2-5-14-10(3-1)8-16-9-15-11-7-13-6-4-12(11)16/h1-3,5,9,13H,4,6-8H2. The number of nitrogens with one attached hydrogen (secondary N) is 1. The highest BCUT2D eigenvalue weighted by molar-refractivity contribution is 5.18. The van der Waals surface area contributed by atoms with E-state index >= 15 is 0 Å². The molecule has 3 rings (SSSR count). The average Bonchev–Trinajstić information content (AvgIpc) is 2.74. The summed E-state index contributed by atoms with van der Waals surface area (Å²) in [5, 5.41) is 3.33. The fourth-order valence-electron chi connectivity index (χ4n) is 2.10. The molecule has 0 radical (unpaired) electrons. The van der Waals surface area contributed by atoms with Crippen LogP contribution in [0.2, 0.25) is 0 Å². The lowest BCUT2D eigenvalue weighted by Gasteiger charge is -2.14. The third-order valence-corrected chi connectivity index (χ3v) is 2.92.